The Hall–Kier alpha value is -0.850. The van der Waals surface area contributed by atoms with Crippen molar-refractivity contribution in [2.75, 3.05) is 0 Å². The molecule has 0 bridgehead atoms. The first-order chi connectivity index (χ1) is 5.24. The molecule has 1 nitrogen and oxygen atoms in total. The van der Waals surface area contributed by atoms with E-state index in [1.807, 2.05) is 13.1 Å². The van der Waals surface area contributed by atoms with Crippen molar-refractivity contribution in [3.63, 3.8) is 0 Å². The van der Waals surface area contributed by atoms with Crippen LogP contribution in [0.25, 0.3) is 0 Å². The third-order valence-corrected chi connectivity index (χ3v) is 2.12. The molecule has 1 atom stereocenters. The number of aryl methyl sites for hydroxylation is 1. The molecular formula is C11H19N. The second-order valence-corrected chi connectivity index (χ2v) is 3.04. The Labute approximate surface area is 75.8 Å². The molecule has 12 heavy (non-hydrogen) atoms. The highest BCUT2D eigenvalue weighted by molar-refractivity contribution is 5.16. The lowest BCUT2D eigenvalue weighted by Gasteiger charge is -2.07. The standard InChI is InChI=1S/C10H15N.CH4/c1-4-8(2)10-6-5-9(3)11-7-10;/h5-8H,4H2,1-3H3;1H4. The predicted octanol–water partition coefficient (Wildman–Crippen LogP) is 3.54. The van der Waals surface area contributed by atoms with Crippen molar-refractivity contribution in [1.29, 1.82) is 0 Å². The molecule has 0 amide bonds. The van der Waals surface area contributed by atoms with Crippen molar-refractivity contribution < 1.29 is 0 Å². The van der Waals surface area contributed by atoms with E-state index in [1.54, 1.807) is 0 Å². The van der Waals surface area contributed by atoms with Crippen LogP contribution in [-0.2, 0) is 0 Å². The maximum absolute atomic E-state index is 4.25. The third kappa shape index (κ3) is 2.65. The topological polar surface area (TPSA) is 12.9 Å². The van der Waals surface area contributed by atoms with Gasteiger partial charge in [-0.3, -0.25) is 4.98 Å². The van der Waals surface area contributed by atoms with Crippen LogP contribution in [-0.4, -0.2) is 4.98 Å². The van der Waals surface area contributed by atoms with Crippen LogP contribution < -0.4 is 0 Å². The highest BCUT2D eigenvalue weighted by Gasteiger charge is 2.01. The first kappa shape index (κ1) is 11.2. The monoisotopic (exact) mass is 165 g/mol. The maximum atomic E-state index is 4.25. The van der Waals surface area contributed by atoms with Crippen molar-refractivity contribution >= 4 is 0 Å². The van der Waals surface area contributed by atoms with Crippen LogP contribution >= 0.6 is 0 Å². The summed E-state index contributed by atoms with van der Waals surface area (Å²) in [4.78, 5) is 4.25. The molecule has 0 aromatic carbocycles. The molecule has 1 heterocycles. The van der Waals surface area contributed by atoms with Crippen LogP contribution in [0.4, 0.5) is 0 Å². The molecule has 0 aliphatic carbocycles. The van der Waals surface area contributed by atoms with Crippen molar-refractivity contribution in [2.45, 2.75) is 40.5 Å². The Morgan fingerprint density at radius 3 is 2.50 bits per heavy atom. The summed E-state index contributed by atoms with van der Waals surface area (Å²) in [7, 11) is 0. The van der Waals surface area contributed by atoms with Gasteiger partial charge in [0.25, 0.3) is 0 Å². The average Bonchev–Trinajstić information content (AvgIpc) is 2.05. The van der Waals surface area contributed by atoms with Gasteiger partial charge < -0.3 is 0 Å². The Kier molecular flexibility index (Phi) is 4.57. The molecule has 1 unspecified atom stereocenters. The SMILES string of the molecule is C.CCC(C)c1ccc(C)nc1. The van der Waals surface area contributed by atoms with E-state index in [0.29, 0.717) is 5.92 Å². The Balaban J connectivity index is 0.00000121. The normalized spacial score (nSPS) is 11.9. The lowest BCUT2D eigenvalue weighted by Crippen LogP contribution is -1.92. The Morgan fingerprint density at radius 2 is 2.08 bits per heavy atom. The fraction of sp³-hybridized carbons (Fsp3) is 0.545. The summed E-state index contributed by atoms with van der Waals surface area (Å²) < 4.78 is 0. The molecule has 68 valence electrons. The largest absolute Gasteiger partial charge is 0.261 e. The highest BCUT2D eigenvalue weighted by Crippen LogP contribution is 2.16. The van der Waals surface area contributed by atoms with E-state index in [-0.39, 0.29) is 7.43 Å². The quantitative estimate of drug-likeness (QED) is 0.653. The number of hydrogen-bond donors (Lipinski definition) is 0. The van der Waals surface area contributed by atoms with Gasteiger partial charge in [-0.05, 0) is 30.9 Å². The van der Waals surface area contributed by atoms with Gasteiger partial charge in [0, 0.05) is 11.9 Å². The van der Waals surface area contributed by atoms with E-state index in [2.05, 4.69) is 31.0 Å². The Morgan fingerprint density at radius 1 is 1.42 bits per heavy atom. The summed E-state index contributed by atoms with van der Waals surface area (Å²) in [6.45, 7) is 6.44. The second-order valence-electron chi connectivity index (χ2n) is 3.04. The molecule has 0 saturated heterocycles. The lowest BCUT2D eigenvalue weighted by molar-refractivity contribution is 0.729. The molecule has 1 rings (SSSR count). The summed E-state index contributed by atoms with van der Waals surface area (Å²) in [5.41, 5.74) is 2.44. The van der Waals surface area contributed by atoms with E-state index in [9.17, 15) is 0 Å². The van der Waals surface area contributed by atoms with Gasteiger partial charge >= 0.3 is 0 Å². The van der Waals surface area contributed by atoms with Crippen molar-refractivity contribution in [2.24, 2.45) is 0 Å². The van der Waals surface area contributed by atoms with E-state index >= 15 is 0 Å². The molecule has 1 heteroatoms. The van der Waals surface area contributed by atoms with Gasteiger partial charge in [-0.2, -0.15) is 0 Å². The summed E-state index contributed by atoms with van der Waals surface area (Å²) in [5.74, 6) is 0.642. The summed E-state index contributed by atoms with van der Waals surface area (Å²) in [5, 5.41) is 0. The maximum Gasteiger partial charge on any atom is 0.0372 e. The van der Waals surface area contributed by atoms with Crippen LogP contribution in [0.5, 0.6) is 0 Å². The third-order valence-electron chi connectivity index (χ3n) is 2.12. The molecule has 0 N–H and O–H groups in total. The number of nitrogens with zero attached hydrogens (tertiary/aromatic N) is 1. The van der Waals surface area contributed by atoms with Gasteiger partial charge in [-0.1, -0.05) is 27.3 Å². The fourth-order valence-corrected chi connectivity index (χ4v) is 1.01. The molecule has 0 spiro atoms. The van der Waals surface area contributed by atoms with Gasteiger partial charge in [0.1, 0.15) is 0 Å². The van der Waals surface area contributed by atoms with E-state index in [1.165, 1.54) is 12.0 Å². The van der Waals surface area contributed by atoms with Gasteiger partial charge in [-0.15, -0.1) is 0 Å². The van der Waals surface area contributed by atoms with E-state index in [4.69, 9.17) is 0 Å². The van der Waals surface area contributed by atoms with E-state index < -0.39 is 0 Å². The van der Waals surface area contributed by atoms with Gasteiger partial charge in [0.2, 0.25) is 0 Å². The first-order valence-electron chi connectivity index (χ1n) is 4.16. The zero-order chi connectivity index (χ0) is 8.27. The summed E-state index contributed by atoms with van der Waals surface area (Å²) in [6, 6.07) is 4.23. The zero-order valence-electron chi connectivity index (χ0n) is 7.46. The van der Waals surface area contributed by atoms with Crippen LogP contribution in [0.2, 0.25) is 0 Å². The molecule has 0 saturated carbocycles. The molecule has 1 aromatic heterocycles. The first-order valence-corrected chi connectivity index (χ1v) is 4.16. The molecule has 0 fully saturated rings. The van der Waals surface area contributed by atoms with Crippen LogP contribution in [0.1, 0.15) is 44.9 Å². The highest BCUT2D eigenvalue weighted by atomic mass is 14.7. The van der Waals surface area contributed by atoms with Crippen LogP contribution in [0, 0.1) is 6.92 Å². The molecule has 0 aliphatic heterocycles. The molecular weight excluding hydrogens is 146 g/mol. The van der Waals surface area contributed by atoms with Crippen LogP contribution in [0.15, 0.2) is 18.3 Å². The van der Waals surface area contributed by atoms with Crippen molar-refractivity contribution in [1.82, 2.24) is 4.98 Å². The lowest BCUT2D eigenvalue weighted by atomic mass is 10.0. The van der Waals surface area contributed by atoms with Crippen molar-refractivity contribution in [3.8, 4) is 0 Å². The van der Waals surface area contributed by atoms with Gasteiger partial charge in [0.15, 0.2) is 0 Å². The number of rotatable bonds is 2. The molecule has 0 aliphatic rings. The number of pyridine rings is 1. The molecule has 1 aromatic rings. The average molecular weight is 165 g/mol. The predicted molar refractivity (Wildman–Crippen MR) is 54.4 cm³/mol. The Bertz CT molecular complexity index is 213. The number of hydrogen-bond acceptors (Lipinski definition) is 1. The summed E-state index contributed by atoms with van der Waals surface area (Å²) in [6.07, 6.45) is 3.16. The van der Waals surface area contributed by atoms with Gasteiger partial charge in [0.05, 0.1) is 0 Å². The van der Waals surface area contributed by atoms with Gasteiger partial charge in [-0.25, -0.2) is 0 Å². The molecule has 0 radical (unpaired) electrons. The van der Waals surface area contributed by atoms with E-state index in [0.717, 1.165) is 5.69 Å². The second kappa shape index (κ2) is 4.91. The smallest absolute Gasteiger partial charge is 0.0372 e. The zero-order valence-corrected chi connectivity index (χ0v) is 7.46. The van der Waals surface area contributed by atoms with Crippen molar-refractivity contribution in [3.05, 3.63) is 29.6 Å². The fourth-order valence-electron chi connectivity index (χ4n) is 1.01. The minimum atomic E-state index is 0. The minimum absolute atomic E-state index is 0. The number of aromatic nitrogens is 1. The minimum Gasteiger partial charge on any atom is -0.261 e. The summed E-state index contributed by atoms with van der Waals surface area (Å²) >= 11 is 0. The van der Waals surface area contributed by atoms with Crippen LogP contribution in [0.3, 0.4) is 0 Å².